The maximum atomic E-state index is 12.9. The van der Waals surface area contributed by atoms with Crippen molar-refractivity contribution in [1.82, 2.24) is 15.5 Å². The van der Waals surface area contributed by atoms with E-state index in [1.54, 1.807) is 7.05 Å². The minimum atomic E-state index is -0.193. The van der Waals surface area contributed by atoms with E-state index in [-0.39, 0.29) is 10.6 Å². The lowest BCUT2D eigenvalue weighted by Gasteiger charge is -2.24. The summed E-state index contributed by atoms with van der Waals surface area (Å²) < 4.78 is 13.1. The lowest BCUT2D eigenvalue weighted by molar-refractivity contribution is 0.331. The molecule has 0 heterocycles. The Hall–Kier alpha value is -1.27. The van der Waals surface area contributed by atoms with E-state index in [1.807, 2.05) is 23.9 Å². The van der Waals surface area contributed by atoms with E-state index < -0.39 is 0 Å². The molecule has 0 aromatic heterocycles. The molecule has 0 aliphatic rings. The predicted molar refractivity (Wildman–Crippen MR) is 99.7 cm³/mol. The number of likely N-dealkylation sites (N-methyl/N-ethyl adjacent to an activating group) is 1. The predicted octanol–water partition coefficient (Wildman–Crippen LogP) is 2.56. The van der Waals surface area contributed by atoms with E-state index >= 15 is 0 Å². The third-order valence-corrected chi connectivity index (χ3v) is 4.86. The Morgan fingerprint density at radius 3 is 2.48 bits per heavy atom. The summed E-state index contributed by atoms with van der Waals surface area (Å²) >= 11 is 1.83. The van der Waals surface area contributed by atoms with E-state index in [0.29, 0.717) is 0 Å². The molecule has 0 bridgehead atoms. The van der Waals surface area contributed by atoms with Crippen molar-refractivity contribution in [3.63, 3.8) is 0 Å². The summed E-state index contributed by atoms with van der Waals surface area (Å²) in [5, 5.41) is 6.67. The molecule has 0 atom stereocenters. The number of hydrogen-bond donors (Lipinski definition) is 2. The Morgan fingerprint density at radius 1 is 1.26 bits per heavy atom. The van der Waals surface area contributed by atoms with Crippen molar-refractivity contribution >= 4 is 17.7 Å². The highest BCUT2D eigenvalue weighted by Crippen LogP contribution is 2.19. The van der Waals surface area contributed by atoms with Gasteiger partial charge in [-0.1, -0.05) is 12.1 Å². The standard InChI is InChI=1S/C17H29FN4S/c1-17(2,23-5)13-21-16(19-3)20-10-11-22(4)12-14-6-8-15(18)9-7-14/h6-9H,10-13H2,1-5H3,(H2,19,20,21). The van der Waals surface area contributed by atoms with Crippen LogP contribution in [-0.4, -0.2) is 55.6 Å². The fraction of sp³-hybridized carbons (Fsp3) is 0.588. The number of guanidine groups is 1. The molecule has 1 aromatic carbocycles. The first kappa shape index (κ1) is 19.8. The number of nitrogens with one attached hydrogen (secondary N) is 2. The fourth-order valence-corrected chi connectivity index (χ4v) is 2.15. The van der Waals surface area contributed by atoms with Gasteiger partial charge in [0, 0.05) is 38.0 Å². The lowest BCUT2D eigenvalue weighted by atomic mass is 10.2. The van der Waals surface area contributed by atoms with Crippen LogP contribution in [0.3, 0.4) is 0 Å². The van der Waals surface area contributed by atoms with Crippen molar-refractivity contribution in [3.8, 4) is 0 Å². The smallest absolute Gasteiger partial charge is 0.191 e. The molecule has 0 aliphatic heterocycles. The van der Waals surface area contributed by atoms with Gasteiger partial charge in [0.2, 0.25) is 0 Å². The molecular weight excluding hydrogens is 311 g/mol. The van der Waals surface area contributed by atoms with Crippen LogP contribution in [0, 0.1) is 5.82 Å². The van der Waals surface area contributed by atoms with Gasteiger partial charge in [0.1, 0.15) is 5.82 Å². The first-order valence-corrected chi connectivity index (χ1v) is 9.01. The normalized spacial score (nSPS) is 12.6. The molecule has 0 spiro atoms. The molecule has 0 amide bonds. The zero-order valence-corrected chi connectivity index (χ0v) is 15.6. The van der Waals surface area contributed by atoms with Crippen LogP contribution >= 0.6 is 11.8 Å². The van der Waals surface area contributed by atoms with Gasteiger partial charge in [-0.15, -0.1) is 0 Å². The second-order valence-electron chi connectivity index (χ2n) is 6.18. The number of thioether (sulfide) groups is 1. The minimum Gasteiger partial charge on any atom is -0.355 e. The number of nitrogens with zero attached hydrogens (tertiary/aromatic N) is 2. The average Bonchev–Trinajstić information content (AvgIpc) is 2.53. The molecule has 0 radical (unpaired) electrons. The molecule has 2 N–H and O–H groups in total. The third kappa shape index (κ3) is 8.23. The Labute approximate surface area is 143 Å². The Bertz CT molecular complexity index is 488. The Kier molecular flexibility index (Phi) is 8.41. The van der Waals surface area contributed by atoms with Crippen LogP contribution in [0.25, 0.3) is 0 Å². The van der Waals surface area contributed by atoms with Gasteiger partial charge in [0.05, 0.1) is 0 Å². The first-order valence-electron chi connectivity index (χ1n) is 7.79. The molecule has 4 nitrogen and oxygen atoms in total. The largest absolute Gasteiger partial charge is 0.355 e. The minimum absolute atomic E-state index is 0.178. The van der Waals surface area contributed by atoms with Crippen molar-refractivity contribution in [1.29, 1.82) is 0 Å². The van der Waals surface area contributed by atoms with Crippen molar-refractivity contribution in [2.45, 2.75) is 25.1 Å². The van der Waals surface area contributed by atoms with Crippen molar-refractivity contribution in [2.24, 2.45) is 4.99 Å². The van der Waals surface area contributed by atoms with E-state index in [1.165, 1.54) is 12.1 Å². The molecule has 0 saturated carbocycles. The highest BCUT2D eigenvalue weighted by atomic mass is 32.2. The fourth-order valence-electron chi connectivity index (χ4n) is 1.94. The molecule has 23 heavy (non-hydrogen) atoms. The number of aliphatic imine (C=N–C) groups is 1. The molecule has 0 fully saturated rings. The Balaban J connectivity index is 2.29. The van der Waals surface area contributed by atoms with Crippen LogP contribution < -0.4 is 10.6 Å². The van der Waals surface area contributed by atoms with Gasteiger partial charge >= 0.3 is 0 Å². The van der Waals surface area contributed by atoms with E-state index in [0.717, 1.165) is 37.7 Å². The van der Waals surface area contributed by atoms with Gasteiger partial charge in [-0.05, 0) is 44.8 Å². The zero-order chi connectivity index (χ0) is 17.3. The summed E-state index contributed by atoms with van der Waals surface area (Å²) in [5.74, 6) is 0.628. The number of hydrogen-bond acceptors (Lipinski definition) is 3. The topological polar surface area (TPSA) is 39.7 Å². The van der Waals surface area contributed by atoms with Crippen molar-refractivity contribution in [3.05, 3.63) is 35.6 Å². The molecule has 6 heteroatoms. The van der Waals surface area contributed by atoms with Gasteiger partial charge < -0.3 is 15.5 Å². The van der Waals surface area contributed by atoms with Crippen LogP contribution in [0.5, 0.6) is 0 Å². The average molecular weight is 341 g/mol. The van der Waals surface area contributed by atoms with Crippen molar-refractivity contribution < 1.29 is 4.39 Å². The molecular formula is C17H29FN4S. The Morgan fingerprint density at radius 2 is 1.91 bits per heavy atom. The maximum Gasteiger partial charge on any atom is 0.191 e. The van der Waals surface area contributed by atoms with Crippen LogP contribution in [0.15, 0.2) is 29.3 Å². The summed E-state index contributed by atoms with van der Waals surface area (Å²) in [6.45, 7) is 7.75. The summed E-state index contributed by atoms with van der Waals surface area (Å²) in [7, 11) is 3.84. The van der Waals surface area contributed by atoms with Gasteiger partial charge in [-0.2, -0.15) is 11.8 Å². The van der Waals surface area contributed by atoms with Crippen LogP contribution in [0.1, 0.15) is 19.4 Å². The van der Waals surface area contributed by atoms with Gasteiger partial charge in [0.25, 0.3) is 0 Å². The maximum absolute atomic E-state index is 12.9. The zero-order valence-electron chi connectivity index (χ0n) is 14.8. The van der Waals surface area contributed by atoms with E-state index in [4.69, 9.17) is 0 Å². The molecule has 130 valence electrons. The summed E-state index contributed by atoms with van der Waals surface area (Å²) in [4.78, 5) is 6.43. The van der Waals surface area contributed by atoms with Crippen LogP contribution in [0.4, 0.5) is 4.39 Å². The second kappa shape index (κ2) is 9.78. The third-order valence-electron chi connectivity index (χ3n) is 3.61. The summed E-state index contributed by atoms with van der Waals surface area (Å²) in [6, 6.07) is 6.65. The molecule has 1 rings (SSSR count). The number of halogens is 1. The second-order valence-corrected chi connectivity index (χ2v) is 7.69. The molecule has 0 saturated heterocycles. The summed E-state index contributed by atoms with van der Waals surface area (Å²) in [5.41, 5.74) is 1.11. The molecule has 0 unspecified atom stereocenters. The quantitative estimate of drug-likeness (QED) is 0.564. The highest BCUT2D eigenvalue weighted by Gasteiger charge is 2.15. The first-order chi connectivity index (χ1) is 10.9. The van der Waals surface area contributed by atoms with Crippen molar-refractivity contribution in [2.75, 3.05) is 40.0 Å². The van der Waals surface area contributed by atoms with Gasteiger partial charge in [-0.25, -0.2) is 4.39 Å². The SMILES string of the molecule is CN=C(NCCN(C)Cc1ccc(F)cc1)NCC(C)(C)SC. The molecule has 1 aromatic rings. The monoisotopic (exact) mass is 340 g/mol. The van der Waals surface area contributed by atoms with Crippen LogP contribution in [0.2, 0.25) is 0 Å². The van der Waals surface area contributed by atoms with E-state index in [2.05, 4.69) is 47.7 Å². The van der Waals surface area contributed by atoms with Gasteiger partial charge in [-0.3, -0.25) is 4.99 Å². The lowest BCUT2D eigenvalue weighted by Crippen LogP contribution is -2.45. The van der Waals surface area contributed by atoms with E-state index in [9.17, 15) is 4.39 Å². The number of benzene rings is 1. The van der Waals surface area contributed by atoms with Crippen LogP contribution in [-0.2, 0) is 6.54 Å². The number of rotatable bonds is 8. The van der Waals surface area contributed by atoms with Gasteiger partial charge in [0.15, 0.2) is 5.96 Å². The highest BCUT2D eigenvalue weighted by molar-refractivity contribution is 7.99. The summed E-state index contributed by atoms with van der Waals surface area (Å²) in [6.07, 6.45) is 2.11. The molecule has 0 aliphatic carbocycles.